The summed E-state index contributed by atoms with van der Waals surface area (Å²) in [5, 5.41) is 14.3. The Balaban J connectivity index is 1.33. The van der Waals surface area contributed by atoms with Crippen LogP contribution in [0, 0.1) is 24.2 Å². The first-order chi connectivity index (χ1) is 18.1. The van der Waals surface area contributed by atoms with Crippen molar-refractivity contribution in [3.05, 3.63) is 46.9 Å². The Morgan fingerprint density at radius 3 is 2.66 bits per heavy atom. The largest absolute Gasteiger partial charge is 0.488 e. The van der Waals surface area contributed by atoms with Crippen LogP contribution in [0.5, 0.6) is 5.75 Å². The van der Waals surface area contributed by atoms with Gasteiger partial charge in [-0.05, 0) is 54.5 Å². The van der Waals surface area contributed by atoms with E-state index in [1.165, 1.54) is 16.1 Å². The molecule has 0 bridgehead atoms. The van der Waals surface area contributed by atoms with Crippen molar-refractivity contribution in [3.63, 3.8) is 0 Å². The average Bonchev–Trinajstić information content (AvgIpc) is 3.11. The second-order valence-electron chi connectivity index (χ2n) is 11.0. The van der Waals surface area contributed by atoms with E-state index in [0.717, 1.165) is 17.5 Å². The molecule has 2 saturated heterocycles. The van der Waals surface area contributed by atoms with Gasteiger partial charge in [0.05, 0.1) is 30.4 Å². The molecule has 0 spiro atoms. The number of hydrogen-bond acceptors (Lipinski definition) is 6. The number of carboxylic acid groups (broad SMARTS) is 1. The van der Waals surface area contributed by atoms with Gasteiger partial charge in [0.25, 0.3) is 0 Å². The molecule has 2 aromatic heterocycles. The fourth-order valence-electron chi connectivity index (χ4n) is 6.06. The van der Waals surface area contributed by atoms with E-state index in [2.05, 4.69) is 10.1 Å². The number of piperidine rings is 2. The van der Waals surface area contributed by atoms with Gasteiger partial charge in [0.15, 0.2) is 0 Å². The Morgan fingerprint density at radius 1 is 1.21 bits per heavy atom. The van der Waals surface area contributed by atoms with Gasteiger partial charge in [-0.15, -0.1) is 0 Å². The number of carbonyl (C=O) groups is 3. The number of amides is 3. The summed E-state index contributed by atoms with van der Waals surface area (Å²) in [6, 6.07) is 5.45. The molecule has 1 aromatic carbocycles. The second-order valence-corrected chi connectivity index (χ2v) is 11.5. The van der Waals surface area contributed by atoms with E-state index < -0.39 is 6.09 Å². The second kappa shape index (κ2) is 8.69. The van der Waals surface area contributed by atoms with Crippen LogP contribution in [-0.4, -0.2) is 66.6 Å². The zero-order valence-electron chi connectivity index (χ0n) is 21.3. The third-order valence-electron chi connectivity index (χ3n) is 8.12. The Kier molecular flexibility index (Phi) is 5.64. The van der Waals surface area contributed by atoms with Gasteiger partial charge in [0.1, 0.15) is 23.9 Å². The Bertz CT molecular complexity index is 1480. The number of likely N-dealkylation sites (tertiary alicyclic amines) is 2. The lowest BCUT2D eigenvalue weighted by atomic mass is 10.0. The van der Waals surface area contributed by atoms with E-state index in [1.807, 2.05) is 26.8 Å². The van der Waals surface area contributed by atoms with Crippen LogP contribution in [0.25, 0.3) is 16.8 Å². The fourth-order valence-corrected chi connectivity index (χ4v) is 6.33. The highest BCUT2D eigenvalue weighted by atomic mass is 35.5. The lowest BCUT2D eigenvalue weighted by Crippen LogP contribution is -2.43. The number of hydrogen-bond donors (Lipinski definition) is 1. The van der Waals surface area contributed by atoms with Crippen molar-refractivity contribution in [1.82, 2.24) is 24.4 Å². The number of rotatable bonds is 5. The highest BCUT2D eigenvalue weighted by molar-refractivity contribution is 6.31. The predicted molar refractivity (Wildman–Crippen MR) is 138 cm³/mol. The van der Waals surface area contributed by atoms with Gasteiger partial charge in [-0.25, -0.2) is 14.3 Å². The topological polar surface area (TPSA) is 117 Å². The molecule has 198 valence electrons. The molecule has 6 rings (SSSR count). The highest BCUT2D eigenvalue weighted by Crippen LogP contribution is 2.63. The predicted octanol–water partition coefficient (Wildman–Crippen LogP) is 4.02. The van der Waals surface area contributed by atoms with Crippen LogP contribution < -0.4 is 4.74 Å². The number of nitrogens with zero attached hydrogens (tertiary/aromatic N) is 5. The van der Waals surface area contributed by atoms with Gasteiger partial charge in [-0.2, -0.15) is 5.10 Å². The van der Waals surface area contributed by atoms with Crippen molar-refractivity contribution in [2.24, 2.45) is 17.3 Å². The van der Waals surface area contributed by atoms with Crippen molar-refractivity contribution < 1.29 is 24.2 Å². The number of aromatic nitrogens is 3. The first kappa shape index (κ1) is 24.7. The number of halogens is 1. The average molecular weight is 538 g/mol. The summed E-state index contributed by atoms with van der Waals surface area (Å²) in [7, 11) is 0. The molecule has 1 saturated carbocycles. The molecular formula is C27H28ClN5O5. The minimum Gasteiger partial charge on any atom is -0.488 e. The molecule has 3 atom stereocenters. The van der Waals surface area contributed by atoms with Crippen molar-refractivity contribution in [1.29, 1.82) is 0 Å². The van der Waals surface area contributed by atoms with Crippen molar-refractivity contribution in [2.75, 3.05) is 13.1 Å². The summed E-state index contributed by atoms with van der Waals surface area (Å²) in [5.74, 6) is -0.102. The minimum atomic E-state index is -0.958. The molecule has 4 heterocycles. The molecule has 2 unspecified atom stereocenters. The zero-order valence-corrected chi connectivity index (χ0v) is 22.1. The van der Waals surface area contributed by atoms with Crippen LogP contribution in [0.15, 0.2) is 30.7 Å². The summed E-state index contributed by atoms with van der Waals surface area (Å²) in [5.41, 5.74) is 3.23. The number of benzene rings is 1. The van der Waals surface area contributed by atoms with E-state index in [9.17, 15) is 19.5 Å². The van der Waals surface area contributed by atoms with E-state index in [-0.39, 0.29) is 48.3 Å². The molecule has 1 N–H and O–H groups in total. The van der Waals surface area contributed by atoms with Gasteiger partial charge in [0.2, 0.25) is 11.8 Å². The minimum absolute atomic E-state index is 0.115. The quantitative estimate of drug-likeness (QED) is 0.488. The molecule has 3 amide bonds. The zero-order chi connectivity index (χ0) is 26.9. The number of imide groups is 1. The number of ether oxygens (including phenoxy) is 1. The van der Waals surface area contributed by atoms with Crippen LogP contribution >= 0.6 is 11.6 Å². The molecule has 1 aliphatic carbocycles. The smallest absolute Gasteiger partial charge is 0.407 e. The molecule has 3 aliphatic rings. The van der Waals surface area contributed by atoms with Crippen molar-refractivity contribution in [3.8, 4) is 17.0 Å². The Hall–Kier alpha value is -3.66. The molecule has 11 heteroatoms. The molecular weight excluding hydrogens is 510 g/mol. The summed E-state index contributed by atoms with van der Waals surface area (Å²) < 4.78 is 8.07. The Labute approximate surface area is 224 Å². The highest BCUT2D eigenvalue weighted by Gasteiger charge is 2.72. The lowest BCUT2D eigenvalue weighted by Gasteiger charge is -2.32. The van der Waals surface area contributed by atoms with Crippen LogP contribution in [-0.2, 0) is 16.1 Å². The third kappa shape index (κ3) is 3.89. The number of fused-ring (bicyclic) bond motifs is 2. The number of aryl methyl sites for hydroxylation is 1. The summed E-state index contributed by atoms with van der Waals surface area (Å²) in [4.78, 5) is 44.5. The van der Waals surface area contributed by atoms with Crippen LogP contribution in [0.2, 0.25) is 5.02 Å². The van der Waals surface area contributed by atoms with Crippen LogP contribution in [0.4, 0.5) is 4.79 Å². The molecule has 3 aromatic rings. The normalized spacial score (nSPS) is 24.2. The van der Waals surface area contributed by atoms with Gasteiger partial charge in [0, 0.05) is 23.3 Å². The standard InChI is InChI=1S/C27H28ClN5O5/c1-14-7-16(28)9-18(23(14)38-17-5-4-6-31(12-17)26(36)37)22-19-8-15(11-33(19)30-13-29-22)10-32-24(34)20-21(25(32)35)27(20,2)3/h7-9,11,13,17,20-21H,4-6,10,12H2,1-3H3,(H,36,37)/t17-,20?,21?/m0/s1. The van der Waals surface area contributed by atoms with Crippen LogP contribution in [0.3, 0.4) is 0 Å². The van der Waals surface area contributed by atoms with Crippen molar-refractivity contribution >= 4 is 35.0 Å². The maximum absolute atomic E-state index is 12.9. The molecule has 3 fully saturated rings. The Morgan fingerprint density at radius 2 is 1.95 bits per heavy atom. The maximum Gasteiger partial charge on any atom is 0.407 e. The summed E-state index contributed by atoms with van der Waals surface area (Å²) >= 11 is 6.45. The summed E-state index contributed by atoms with van der Waals surface area (Å²) in [6.45, 7) is 6.76. The molecule has 10 nitrogen and oxygen atoms in total. The SMILES string of the molecule is Cc1cc(Cl)cc(-c2ncnn3cc(CN4C(=O)C5C(C4=O)C5(C)C)cc23)c1O[C@H]1CCCN(C(=O)O)C1. The fraction of sp³-hybridized carbons (Fsp3) is 0.444. The van der Waals surface area contributed by atoms with Gasteiger partial charge in [-0.1, -0.05) is 25.4 Å². The molecule has 0 radical (unpaired) electrons. The first-order valence-corrected chi connectivity index (χ1v) is 13.1. The molecule has 2 aliphatic heterocycles. The van der Waals surface area contributed by atoms with Crippen molar-refractivity contribution in [2.45, 2.75) is 46.3 Å². The molecule has 38 heavy (non-hydrogen) atoms. The van der Waals surface area contributed by atoms with E-state index in [4.69, 9.17) is 16.3 Å². The number of carbonyl (C=O) groups excluding carboxylic acids is 2. The first-order valence-electron chi connectivity index (χ1n) is 12.7. The lowest BCUT2D eigenvalue weighted by molar-refractivity contribution is -0.143. The van der Waals surface area contributed by atoms with E-state index in [1.54, 1.807) is 22.8 Å². The summed E-state index contributed by atoms with van der Waals surface area (Å²) in [6.07, 6.45) is 3.41. The maximum atomic E-state index is 12.9. The third-order valence-corrected chi connectivity index (χ3v) is 8.34. The monoisotopic (exact) mass is 537 g/mol. The van der Waals surface area contributed by atoms with E-state index >= 15 is 0 Å². The van der Waals surface area contributed by atoms with E-state index in [0.29, 0.717) is 40.5 Å². The van der Waals surface area contributed by atoms with Gasteiger partial charge < -0.3 is 14.7 Å². The van der Waals surface area contributed by atoms with Gasteiger partial charge >= 0.3 is 6.09 Å². The van der Waals surface area contributed by atoms with Crippen LogP contribution in [0.1, 0.15) is 37.8 Å². The van der Waals surface area contributed by atoms with Gasteiger partial charge in [-0.3, -0.25) is 14.5 Å².